The van der Waals surface area contributed by atoms with E-state index in [1.165, 1.54) is 0 Å². The van der Waals surface area contributed by atoms with E-state index in [4.69, 9.17) is 5.26 Å². The number of nitrogens with zero attached hydrogens (tertiary/aromatic N) is 1. The van der Waals surface area contributed by atoms with Crippen molar-refractivity contribution in [2.24, 2.45) is 0 Å². The lowest BCUT2D eigenvalue weighted by Gasteiger charge is -2.07. The molecule has 0 aliphatic carbocycles. The van der Waals surface area contributed by atoms with Crippen LogP contribution in [0.4, 0.5) is 5.69 Å². The van der Waals surface area contributed by atoms with Crippen LogP contribution in [0, 0.1) is 11.3 Å². The Bertz CT molecular complexity index is 673. The van der Waals surface area contributed by atoms with Crippen molar-refractivity contribution in [2.75, 3.05) is 11.9 Å². The van der Waals surface area contributed by atoms with Crippen molar-refractivity contribution in [3.8, 4) is 6.07 Å². The van der Waals surface area contributed by atoms with Gasteiger partial charge in [0.05, 0.1) is 18.2 Å². The van der Waals surface area contributed by atoms with E-state index in [1.54, 1.807) is 48.5 Å². The molecule has 2 N–H and O–H groups in total. The van der Waals surface area contributed by atoms with E-state index in [1.807, 2.05) is 12.1 Å². The topological polar surface area (TPSA) is 82.0 Å². The molecule has 0 aliphatic rings. The second-order valence-corrected chi connectivity index (χ2v) is 4.29. The molecule has 0 bridgehead atoms. The lowest BCUT2D eigenvalue weighted by Crippen LogP contribution is -2.32. The maximum absolute atomic E-state index is 11.8. The summed E-state index contributed by atoms with van der Waals surface area (Å²) in [6.07, 6.45) is 0. The molecular formula is C16H13N3O2. The molecule has 0 heterocycles. The summed E-state index contributed by atoms with van der Waals surface area (Å²) in [7, 11) is 0. The van der Waals surface area contributed by atoms with Gasteiger partial charge in [-0.2, -0.15) is 5.26 Å². The molecule has 5 nitrogen and oxygen atoms in total. The van der Waals surface area contributed by atoms with Crippen molar-refractivity contribution in [1.82, 2.24) is 5.32 Å². The maximum Gasteiger partial charge on any atom is 0.251 e. The van der Waals surface area contributed by atoms with Crippen LogP contribution in [0.3, 0.4) is 0 Å². The molecule has 0 saturated heterocycles. The highest BCUT2D eigenvalue weighted by molar-refractivity contribution is 5.99. The standard InChI is InChI=1S/C16H13N3O2/c17-10-12-6-8-14(9-7-12)19-15(20)11-18-16(21)13-4-2-1-3-5-13/h1-9H,11H2,(H,18,21)(H,19,20). The number of nitriles is 1. The van der Waals surface area contributed by atoms with Gasteiger partial charge in [0.1, 0.15) is 0 Å². The Morgan fingerprint density at radius 1 is 1.00 bits per heavy atom. The number of anilines is 1. The third kappa shape index (κ3) is 4.18. The molecule has 0 aromatic heterocycles. The molecule has 0 spiro atoms. The van der Waals surface area contributed by atoms with Crippen LogP contribution in [-0.2, 0) is 4.79 Å². The monoisotopic (exact) mass is 279 g/mol. The number of hydrogen-bond donors (Lipinski definition) is 2. The van der Waals surface area contributed by atoms with Crippen LogP contribution < -0.4 is 10.6 Å². The molecule has 104 valence electrons. The molecule has 2 aromatic carbocycles. The number of amides is 2. The smallest absolute Gasteiger partial charge is 0.251 e. The summed E-state index contributed by atoms with van der Waals surface area (Å²) in [5.41, 5.74) is 1.60. The minimum absolute atomic E-state index is 0.117. The van der Waals surface area contributed by atoms with Crippen molar-refractivity contribution < 1.29 is 9.59 Å². The van der Waals surface area contributed by atoms with Crippen molar-refractivity contribution in [3.05, 3.63) is 65.7 Å². The fourth-order valence-electron chi connectivity index (χ4n) is 1.69. The first kappa shape index (κ1) is 14.3. The predicted molar refractivity (Wildman–Crippen MR) is 78.6 cm³/mol. The average molecular weight is 279 g/mol. The first-order valence-corrected chi connectivity index (χ1v) is 6.32. The van der Waals surface area contributed by atoms with Gasteiger partial charge in [-0.1, -0.05) is 18.2 Å². The van der Waals surface area contributed by atoms with Crippen LogP contribution in [0.5, 0.6) is 0 Å². The summed E-state index contributed by atoms with van der Waals surface area (Å²) in [6.45, 7) is -0.117. The second kappa shape index (κ2) is 6.87. The molecule has 0 fully saturated rings. The second-order valence-electron chi connectivity index (χ2n) is 4.29. The molecule has 2 aromatic rings. The first-order chi connectivity index (χ1) is 10.2. The molecule has 0 unspecified atom stereocenters. The molecule has 0 aliphatic heterocycles. The lowest BCUT2D eigenvalue weighted by atomic mass is 10.2. The van der Waals surface area contributed by atoms with Crippen LogP contribution >= 0.6 is 0 Å². The molecule has 0 saturated carbocycles. The first-order valence-electron chi connectivity index (χ1n) is 6.32. The summed E-state index contributed by atoms with van der Waals surface area (Å²) in [6, 6.07) is 17.2. The zero-order chi connectivity index (χ0) is 15.1. The SMILES string of the molecule is N#Cc1ccc(NC(=O)CNC(=O)c2ccccc2)cc1. The van der Waals surface area contributed by atoms with Crippen molar-refractivity contribution in [2.45, 2.75) is 0 Å². The number of hydrogen-bond acceptors (Lipinski definition) is 3. The van der Waals surface area contributed by atoms with Gasteiger partial charge in [0.25, 0.3) is 5.91 Å². The third-order valence-electron chi connectivity index (χ3n) is 2.74. The lowest BCUT2D eigenvalue weighted by molar-refractivity contribution is -0.115. The van der Waals surface area contributed by atoms with Crippen LogP contribution in [0.15, 0.2) is 54.6 Å². The van der Waals surface area contributed by atoms with E-state index in [0.717, 1.165) is 0 Å². The fraction of sp³-hybridized carbons (Fsp3) is 0.0625. The number of rotatable bonds is 4. The van der Waals surface area contributed by atoms with Gasteiger partial charge in [-0.25, -0.2) is 0 Å². The van der Waals surface area contributed by atoms with Gasteiger partial charge in [-0.05, 0) is 36.4 Å². The van der Waals surface area contributed by atoms with E-state index in [2.05, 4.69) is 10.6 Å². The zero-order valence-corrected chi connectivity index (χ0v) is 11.2. The minimum atomic E-state index is -0.330. The van der Waals surface area contributed by atoms with E-state index in [0.29, 0.717) is 16.8 Å². The van der Waals surface area contributed by atoms with Gasteiger partial charge in [0.15, 0.2) is 0 Å². The van der Waals surface area contributed by atoms with Gasteiger partial charge in [0.2, 0.25) is 5.91 Å². The Balaban J connectivity index is 1.85. The molecule has 2 rings (SSSR count). The van der Waals surface area contributed by atoms with Gasteiger partial charge < -0.3 is 10.6 Å². The molecule has 0 atom stereocenters. The normalized spacial score (nSPS) is 9.48. The van der Waals surface area contributed by atoms with Crippen LogP contribution in [0.25, 0.3) is 0 Å². The Morgan fingerprint density at radius 2 is 1.67 bits per heavy atom. The number of carbonyl (C=O) groups excluding carboxylic acids is 2. The summed E-state index contributed by atoms with van der Waals surface area (Å²) < 4.78 is 0. The average Bonchev–Trinajstić information content (AvgIpc) is 2.54. The Kier molecular flexibility index (Phi) is 4.67. The van der Waals surface area contributed by atoms with E-state index >= 15 is 0 Å². The van der Waals surface area contributed by atoms with Crippen LogP contribution in [-0.4, -0.2) is 18.4 Å². The molecule has 5 heteroatoms. The van der Waals surface area contributed by atoms with Crippen molar-refractivity contribution in [1.29, 1.82) is 5.26 Å². The van der Waals surface area contributed by atoms with Crippen molar-refractivity contribution >= 4 is 17.5 Å². The minimum Gasteiger partial charge on any atom is -0.343 e. The number of nitrogens with one attached hydrogen (secondary N) is 2. The number of carbonyl (C=O) groups is 2. The largest absolute Gasteiger partial charge is 0.343 e. The maximum atomic E-state index is 11.8. The van der Waals surface area contributed by atoms with E-state index in [9.17, 15) is 9.59 Å². The Labute approximate surface area is 122 Å². The molecule has 0 radical (unpaired) electrons. The highest BCUT2D eigenvalue weighted by atomic mass is 16.2. The fourth-order valence-corrected chi connectivity index (χ4v) is 1.69. The van der Waals surface area contributed by atoms with Gasteiger partial charge in [-0.3, -0.25) is 9.59 Å². The summed E-state index contributed by atoms with van der Waals surface area (Å²) in [5.74, 6) is -0.630. The van der Waals surface area contributed by atoms with Crippen LogP contribution in [0.1, 0.15) is 15.9 Å². The summed E-state index contributed by atoms with van der Waals surface area (Å²) in [5, 5.41) is 13.9. The molecule has 21 heavy (non-hydrogen) atoms. The predicted octanol–water partition coefficient (Wildman–Crippen LogP) is 1.93. The van der Waals surface area contributed by atoms with E-state index in [-0.39, 0.29) is 18.4 Å². The Morgan fingerprint density at radius 3 is 2.29 bits per heavy atom. The summed E-state index contributed by atoms with van der Waals surface area (Å²) in [4.78, 5) is 23.5. The third-order valence-corrected chi connectivity index (χ3v) is 2.74. The quantitative estimate of drug-likeness (QED) is 0.897. The highest BCUT2D eigenvalue weighted by Gasteiger charge is 2.07. The highest BCUT2D eigenvalue weighted by Crippen LogP contribution is 2.08. The van der Waals surface area contributed by atoms with Crippen molar-refractivity contribution in [3.63, 3.8) is 0 Å². The Hall–Kier alpha value is -3.13. The molecular weight excluding hydrogens is 266 g/mol. The zero-order valence-electron chi connectivity index (χ0n) is 11.2. The van der Waals surface area contributed by atoms with Crippen LogP contribution in [0.2, 0.25) is 0 Å². The van der Waals surface area contributed by atoms with Gasteiger partial charge >= 0.3 is 0 Å². The van der Waals surface area contributed by atoms with Gasteiger partial charge in [-0.15, -0.1) is 0 Å². The van der Waals surface area contributed by atoms with E-state index < -0.39 is 0 Å². The number of benzene rings is 2. The molecule has 2 amide bonds. The summed E-state index contributed by atoms with van der Waals surface area (Å²) >= 11 is 0. The van der Waals surface area contributed by atoms with Gasteiger partial charge in [0, 0.05) is 11.3 Å².